The summed E-state index contributed by atoms with van der Waals surface area (Å²) in [6.07, 6.45) is 9.04. The molecule has 1 aromatic heterocycles. The van der Waals surface area contributed by atoms with E-state index in [4.69, 9.17) is 0 Å². The van der Waals surface area contributed by atoms with Gasteiger partial charge < -0.3 is 9.88 Å². The monoisotopic (exact) mass is 193 g/mol. The van der Waals surface area contributed by atoms with Crippen LogP contribution in [0, 0.1) is 0 Å². The Morgan fingerprint density at radius 3 is 2.79 bits per heavy atom. The van der Waals surface area contributed by atoms with Crippen molar-refractivity contribution in [3.05, 3.63) is 12.4 Å². The second kappa shape index (κ2) is 3.64. The van der Waals surface area contributed by atoms with E-state index in [1.54, 1.807) is 0 Å². The van der Waals surface area contributed by atoms with Gasteiger partial charge in [0.25, 0.3) is 0 Å². The molecule has 1 heterocycles. The Bertz CT molecular complexity index is 294. The summed E-state index contributed by atoms with van der Waals surface area (Å²) in [5.41, 5.74) is 0.346. The highest BCUT2D eigenvalue weighted by Gasteiger charge is 2.35. The fraction of sp³-hybridized carbons (Fsp3) is 0.727. The van der Waals surface area contributed by atoms with Crippen molar-refractivity contribution in [1.29, 1.82) is 0 Å². The SMILES string of the molecule is CCn1ccnc1NC1(CC)CCC1. The van der Waals surface area contributed by atoms with Gasteiger partial charge in [0.05, 0.1) is 0 Å². The maximum Gasteiger partial charge on any atom is 0.203 e. The van der Waals surface area contributed by atoms with E-state index in [9.17, 15) is 0 Å². The van der Waals surface area contributed by atoms with Crippen LogP contribution in [-0.4, -0.2) is 15.1 Å². The van der Waals surface area contributed by atoms with E-state index in [-0.39, 0.29) is 0 Å². The highest BCUT2D eigenvalue weighted by atomic mass is 15.2. The first-order valence-electron chi connectivity index (χ1n) is 5.59. The third-order valence-electron chi connectivity index (χ3n) is 3.42. The average Bonchev–Trinajstić information content (AvgIpc) is 2.58. The lowest BCUT2D eigenvalue weighted by Gasteiger charge is -2.42. The summed E-state index contributed by atoms with van der Waals surface area (Å²) in [6.45, 7) is 5.39. The number of nitrogens with zero attached hydrogens (tertiary/aromatic N) is 2. The molecule has 78 valence electrons. The van der Waals surface area contributed by atoms with Crippen molar-refractivity contribution in [3.63, 3.8) is 0 Å². The molecule has 1 fully saturated rings. The Balaban J connectivity index is 2.09. The number of anilines is 1. The first-order valence-corrected chi connectivity index (χ1v) is 5.59. The largest absolute Gasteiger partial charge is 0.350 e. The number of imidazole rings is 1. The lowest BCUT2D eigenvalue weighted by atomic mass is 9.75. The molecule has 1 N–H and O–H groups in total. The molecule has 0 saturated heterocycles. The van der Waals surface area contributed by atoms with Gasteiger partial charge in [-0.1, -0.05) is 6.92 Å². The topological polar surface area (TPSA) is 29.9 Å². The molecule has 0 bridgehead atoms. The first kappa shape index (κ1) is 9.56. The highest BCUT2D eigenvalue weighted by Crippen LogP contribution is 2.37. The zero-order valence-electron chi connectivity index (χ0n) is 9.08. The van der Waals surface area contributed by atoms with Crippen LogP contribution in [0.4, 0.5) is 5.95 Å². The summed E-state index contributed by atoms with van der Waals surface area (Å²) < 4.78 is 2.16. The normalized spacial score (nSPS) is 19.0. The highest BCUT2D eigenvalue weighted by molar-refractivity contribution is 5.32. The molecule has 0 radical (unpaired) electrons. The minimum absolute atomic E-state index is 0.346. The van der Waals surface area contributed by atoms with E-state index in [1.165, 1.54) is 25.7 Å². The standard InChI is InChI=1S/C11H19N3/c1-3-11(6-5-7-11)13-10-12-8-9-14(10)4-2/h8-9H,3-7H2,1-2H3,(H,12,13). The van der Waals surface area contributed by atoms with Crippen molar-refractivity contribution in [2.45, 2.75) is 51.6 Å². The van der Waals surface area contributed by atoms with Crippen LogP contribution in [0.1, 0.15) is 39.5 Å². The molecule has 1 aliphatic rings. The lowest BCUT2D eigenvalue weighted by molar-refractivity contribution is 0.267. The van der Waals surface area contributed by atoms with E-state index >= 15 is 0 Å². The molecule has 1 saturated carbocycles. The van der Waals surface area contributed by atoms with E-state index in [0.717, 1.165) is 12.5 Å². The summed E-state index contributed by atoms with van der Waals surface area (Å²) in [7, 11) is 0. The van der Waals surface area contributed by atoms with Crippen LogP contribution in [0.25, 0.3) is 0 Å². The Morgan fingerprint density at radius 1 is 1.50 bits per heavy atom. The maximum atomic E-state index is 4.35. The Kier molecular flexibility index (Phi) is 2.48. The van der Waals surface area contributed by atoms with Crippen molar-refractivity contribution >= 4 is 5.95 Å². The molecule has 0 aliphatic heterocycles. The van der Waals surface area contributed by atoms with Crippen LogP contribution in [0.2, 0.25) is 0 Å². The van der Waals surface area contributed by atoms with E-state index in [2.05, 4.69) is 28.7 Å². The molecule has 2 rings (SSSR count). The Labute approximate surface area is 85.5 Å². The Hall–Kier alpha value is -0.990. The van der Waals surface area contributed by atoms with Crippen LogP contribution in [-0.2, 0) is 6.54 Å². The van der Waals surface area contributed by atoms with Crippen LogP contribution < -0.4 is 5.32 Å². The van der Waals surface area contributed by atoms with Gasteiger partial charge in [0, 0.05) is 24.5 Å². The predicted molar refractivity (Wildman–Crippen MR) is 58.4 cm³/mol. The maximum absolute atomic E-state index is 4.35. The molecule has 1 aromatic rings. The fourth-order valence-corrected chi connectivity index (χ4v) is 2.10. The molecule has 0 spiro atoms. The average molecular weight is 193 g/mol. The van der Waals surface area contributed by atoms with Gasteiger partial charge in [-0.05, 0) is 32.6 Å². The van der Waals surface area contributed by atoms with Gasteiger partial charge in [0.2, 0.25) is 5.95 Å². The van der Waals surface area contributed by atoms with Gasteiger partial charge in [-0.2, -0.15) is 0 Å². The van der Waals surface area contributed by atoms with Crippen molar-refractivity contribution < 1.29 is 0 Å². The first-order chi connectivity index (χ1) is 6.79. The molecule has 0 unspecified atom stereocenters. The van der Waals surface area contributed by atoms with E-state index in [1.807, 2.05) is 12.4 Å². The quantitative estimate of drug-likeness (QED) is 0.796. The van der Waals surface area contributed by atoms with E-state index < -0.39 is 0 Å². The molecule has 3 heteroatoms. The molecule has 3 nitrogen and oxygen atoms in total. The van der Waals surface area contributed by atoms with Crippen molar-refractivity contribution in [2.75, 3.05) is 5.32 Å². The van der Waals surface area contributed by atoms with Gasteiger partial charge in [-0.15, -0.1) is 0 Å². The lowest BCUT2D eigenvalue weighted by Crippen LogP contribution is -2.45. The van der Waals surface area contributed by atoms with Crippen LogP contribution in [0.5, 0.6) is 0 Å². The smallest absolute Gasteiger partial charge is 0.203 e. The summed E-state index contributed by atoms with van der Waals surface area (Å²) in [5.74, 6) is 1.04. The predicted octanol–water partition coefficient (Wildman–Crippen LogP) is 2.65. The molecule has 0 atom stereocenters. The summed E-state index contributed by atoms with van der Waals surface area (Å²) in [5, 5.41) is 3.59. The van der Waals surface area contributed by atoms with Crippen molar-refractivity contribution in [1.82, 2.24) is 9.55 Å². The van der Waals surface area contributed by atoms with Gasteiger partial charge in [-0.3, -0.25) is 0 Å². The minimum Gasteiger partial charge on any atom is -0.350 e. The third-order valence-corrected chi connectivity index (χ3v) is 3.42. The number of nitrogens with one attached hydrogen (secondary N) is 1. The Morgan fingerprint density at radius 2 is 2.29 bits per heavy atom. The van der Waals surface area contributed by atoms with Crippen LogP contribution in [0.3, 0.4) is 0 Å². The molecule has 0 amide bonds. The van der Waals surface area contributed by atoms with Crippen LogP contribution in [0.15, 0.2) is 12.4 Å². The second-order valence-electron chi connectivity index (χ2n) is 4.15. The second-order valence-corrected chi connectivity index (χ2v) is 4.15. The third kappa shape index (κ3) is 1.51. The molecule has 0 aromatic carbocycles. The fourth-order valence-electron chi connectivity index (χ4n) is 2.10. The summed E-state index contributed by atoms with van der Waals surface area (Å²) in [4.78, 5) is 4.35. The number of aryl methyl sites for hydroxylation is 1. The van der Waals surface area contributed by atoms with E-state index in [0.29, 0.717) is 5.54 Å². The van der Waals surface area contributed by atoms with Crippen molar-refractivity contribution in [3.8, 4) is 0 Å². The number of aromatic nitrogens is 2. The van der Waals surface area contributed by atoms with Gasteiger partial charge in [0.1, 0.15) is 0 Å². The number of rotatable bonds is 4. The van der Waals surface area contributed by atoms with Crippen molar-refractivity contribution in [2.24, 2.45) is 0 Å². The molecular weight excluding hydrogens is 174 g/mol. The van der Waals surface area contributed by atoms with Gasteiger partial charge in [0.15, 0.2) is 0 Å². The number of hydrogen-bond acceptors (Lipinski definition) is 2. The molecular formula is C11H19N3. The summed E-state index contributed by atoms with van der Waals surface area (Å²) in [6, 6.07) is 0. The van der Waals surface area contributed by atoms with Gasteiger partial charge in [-0.25, -0.2) is 4.98 Å². The van der Waals surface area contributed by atoms with Gasteiger partial charge >= 0.3 is 0 Å². The zero-order chi connectivity index (χ0) is 10.0. The summed E-state index contributed by atoms with van der Waals surface area (Å²) >= 11 is 0. The number of hydrogen-bond donors (Lipinski definition) is 1. The molecule has 1 aliphatic carbocycles. The van der Waals surface area contributed by atoms with Crippen LogP contribution >= 0.6 is 0 Å². The molecule has 14 heavy (non-hydrogen) atoms. The zero-order valence-corrected chi connectivity index (χ0v) is 9.08. The minimum atomic E-state index is 0.346.